The summed E-state index contributed by atoms with van der Waals surface area (Å²) in [4.78, 5) is 59.3. The lowest BCUT2D eigenvalue weighted by molar-refractivity contribution is -0.137. The number of carbonyl (C=O) groups is 3. The average Bonchev–Trinajstić information content (AvgIpc) is 2.86. The molecule has 2 heterocycles. The number of imide groups is 1. The monoisotopic (exact) mass is 409 g/mol. The van der Waals surface area contributed by atoms with E-state index < -0.39 is 47.4 Å². The number of carbonyl (C=O) groups excluding carboxylic acids is 2. The van der Waals surface area contributed by atoms with Crippen LogP contribution in [0.25, 0.3) is 11.2 Å². The van der Waals surface area contributed by atoms with Crippen LogP contribution >= 0.6 is 0 Å². The maximum atomic E-state index is 12.7. The van der Waals surface area contributed by atoms with E-state index in [2.05, 4.69) is 15.0 Å². The summed E-state index contributed by atoms with van der Waals surface area (Å²) in [6, 6.07) is 0. The zero-order chi connectivity index (χ0) is 22.1. The highest BCUT2D eigenvalue weighted by Crippen LogP contribution is 2.19. The molecule has 29 heavy (non-hydrogen) atoms. The van der Waals surface area contributed by atoms with Gasteiger partial charge in [-0.05, 0) is 41.5 Å². The van der Waals surface area contributed by atoms with Crippen LogP contribution in [0.4, 0.5) is 15.5 Å². The van der Waals surface area contributed by atoms with E-state index in [0.29, 0.717) is 4.90 Å². The minimum atomic E-state index is -1.19. The molecule has 0 atom stereocenters. The molecule has 0 aliphatic heterocycles. The molecule has 0 unspecified atom stereocenters. The van der Waals surface area contributed by atoms with Crippen LogP contribution in [0, 0.1) is 0 Å². The van der Waals surface area contributed by atoms with Gasteiger partial charge in [0.25, 0.3) is 5.56 Å². The topological polar surface area (TPSA) is 157 Å². The smallest absolute Gasteiger partial charge is 0.427 e. The van der Waals surface area contributed by atoms with Crippen LogP contribution in [0.3, 0.4) is 0 Å². The number of carboxylic acid groups (broad SMARTS) is 1. The van der Waals surface area contributed by atoms with E-state index in [9.17, 15) is 19.2 Å². The van der Waals surface area contributed by atoms with Gasteiger partial charge in [0.1, 0.15) is 17.7 Å². The predicted octanol–water partition coefficient (Wildman–Crippen LogP) is 1.88. The molecule has 0 aliphatic rings. The molecule has 2 rings (SSSR count). The Kier molecular flexibility index (Phi) is 5.67. The molecule has 158 valence electrons. The van der Waals surface area contributed by atoms with Crippen LogP contribution in [0.2, 0.25) is 0 Å². The number of aromatic amines is 1. The van der Waals surface area contributed by atoms with Gasteiger partial charge < -0.3 is 19.1 Å². The first-order valence-electron chi connectivity index (χ1n) is 8.61. The summed E-state index contributed by atoms with van der Waals surface area (Å²) in [7, 11) is 0. The fraction of sp³-hybridized carbons (Fsp3) is 0.529. The SMILES string of the molecule is CC(C)(C)OC(=O)N(C(=O)OC(C)(C)C)c1nc2c(ncn2CC(=O)O)c(=O)[nH]1. The van der Waals surface area contributed by atoms with Crippen LogP contribution in [0.1, 0.15) is 41.5 Å². The molecule has 12 heteroatoms. The minimum absolute atomic E-state index is 0.122. The van der Waals surface area contributed by atoms with Crippen LogP contribution in [0.15, 0.2) is 11.1 Å². The number of aliphatic carboxylic acids is 1. The van der Waals surface area contributed by atoms with Crippen molar-refractivity contribution >= 4 is 35.3 Å². The fourth-order valence-corrected chi connectivity index (χ4v) is 2.17. The van der Waals surface area contributed by atoms with Gasteiger partial charge in [0.15, 0.2) is 11.2 Å². The number of nitrogens with one attached hydrogen (secondary N) is 1. The van der Waals surface area contributed by atoms with E-state index in [0.717, 1.165) is 10.9 Å². The third-order valence-electron chi connectivity index (χ3n) is 3.13. The highest BCUT2D eigenvalue weighted by molar-refractivity contribution is 6.08. The summed E-state index contributed by atoms with van der Waals surface area (Å²) in [6.45, 7) is 9.06. The Bertz CT molecular complexity index is 982. The van der Waals surface area contributed by atoms with E-state index in [1.165, 1.54) is 0 Å². The number of imidazole rings is 1. The van der Waals surface area contributed by atoms with Crippen molar-refractivity contribution in [2.45, 2.75) is 59.3 Å². The molecule has 0 radical (unpaired) electrons. The van der Waals surface area contributed by atoms with Crippen LogP contribution in [-0.2, 0) is 20.8 Å². The predicted molar refractivity (Wildman–Crippen MR) is 101 cm³/mol. The van der Waals surface area contributed by atoms with Gasteiger partial charge in [-0.1, -0.05) is 0 Å². The van der Waals surface area contributed by atoms with Crippen molar-refractivity contribution in [2.24, 2.45) is 0 Å². The lowest BCUT2D eigenvalue weighted by Gasteiger charge is -2.27. The van der Waals surface area contributed by atoms with Gasteiger partial charge in [-0.15, -0.1) is 4.90 Å². The summed E-state index contributed by atoms with van der Waals surface area (Å²) in [5.41, 5.74) is -2.95. The lowest BCUT2D eigenvalue weighted by Crippen LogP contribution is -2.45. The number of anilines is 1. The lowest BCUT2D eigenvalue weighted by atomic mass is 10.2. The van der Waals surface area contributed by atoms with Crippen molar-refractivity contribution in [3.8, 4) is 0 Å². The number of amides is 2. The van der Waals surface area contributed by atoms with E-state index in [4.69, 9.17) is 14.6 Å². The Morgan fingerprint density at radius 2 is 1.62 bits per heavy atom. The van der Waals surface area contributed by atoms with Crippen molar-refractivity contribution in [3.05, 3.63) is 16.7 Å². The maximum absolute atomic E-state index is 12.7. The highest BCUT2D eigenvalue weighted by Gasteiger charge is 2.35. The first-order valence-corrected chi connectivity index (χ1v) is 8.61. The van der Waals surface area contributed by atoms with Crippen molar-refractivity contribution in [3.63, 3.8) is 0 Å². The fourth-order valence-electron chi connectivity index (χ4n) is 2.17. The molecule has 0 saturated heterocycles. The third kappa shape index (κ3) is 5.53. The van der Waals surface area contributed by atoms with Crippen molar-refractivity contribution < 1.29 is 29.0 Å². The molecule has 2 aromatic heterocycles. The quantitative estimate of drug-likeness (QED) is 0.772. The Morgan fingerprint density at radius 3 is 2.07 bits per heavy atom. The second kappa shape index (κ2) is 7.53. The largest absolute Gasteiger partial charge is 0.480 e. The van der Waals surface area contributed by atoms with Gasteiger partial charge in [0.05, 0.1) is 6.33 Å². The molecule has 0 bridgehead atoms. The van der Waals surface area contributed by atoms with Gasteiger partial charge in [-0.25, -0.2) is 14.6 Å². The molecule has 2 aromatic rings. The molecule has 0 aliphatic carbocycles. The summed E-state index contributed by atoms with van der Waals surface area (Å²) in [5.74, 6) is -1.68. The van der Waals surface area contributed by atoms with Crippen molar-refractivity contribution in [1.82, 2.24) is 19.5 Å². The molecule has 0 saturated carbocycles. The molecule has 2 amide bonds. The van der Waals surface area contributed by atoms with E-state index in [-0.39, 0.29) is 11.2 Å². The molecule has 0 fully saturated rings. The summed E-state index contributed by atoms with van der Waals surface area (Å²) >= 11 is 0. The maximum Gasteiger partial charge on any atom is 0.427 e. The van der Waals surface area contributed by atoms with E-state index in [1.54, 1.807) is 41.5 Å². The molecular formula is C17H23N5O7. The third-order valence-corrected chi connectivity index (χ3v) is 3.13. The Morgan fingerprint density at radius 1 is 1.10 bits per heavy atom. The second-order valence-electron chi connectivity index (χ2n) is 8.12. The number of H-pyrrole nitrogens is 1. The first-order chi connectivity index (χ1) is 13.2. The number of fused-ring (bicyclic) bond motifs is 1. The minimum Gasteiger partial charge on any atom is -0.480 e. The molecule has 0 aromatic carbocycles. The summed E-state index contributed by atoms with van der Waals surface area (Å²) < 4.78 is 11.5. The van der Waals surface area contributed by atoms with E-state index >= 15 is 0 Å². The van der Waals surface area contributed by atoms with Crippen molar-refractivity contribution in [1.29, 1.82) is 0 Å². The Balaban J connectivity index is 2.61. The normalized spacial score (nSPS) is 11.9. The van der Waals surface area contributed by atoms with Crippen LogP contribution in [-0.4, -0.2) is 54.0 Å². The van der Waals surface area contributed by atoms with Crippen LogP contribution in [0.5, 0.6) is 0 Å². The number of aromatic nitrogens is 4. The second-order valence-corrected chi connectivity index (χ2v) is 8.12. The number of nitrogens with zero attached hydrogens (tertiary/aromatic N) is 4. The van der Waals surface area contributed by atoms with E-state index in [1.807, 2.05) is 0 Å². The molecule has 2 N–H and O–H groups in total. The zero-order valence-corrected chi connectivity index (χ0v) is 17.0. The average molecular weight is 409 g/mol. The molecular weight excluding hydrogens is 386 g/mol. The molecule has 0 spiro atoms. The number of ether oxygens (including phenoxy) is 2. The Labute approximate surface area is 165 Å². The number of hydrogen-bond donors (Lipinski definition) is 2. The first kappa shape index (κ1) is 21.9. The summed E-state index contributed by atoms with van der Waals surface area (Å²) in [6.07, 6.45) is -1.13. The van der Waals surface area contributed by atoms with Gasteiger partial charge in [-0.2, -0.15) is 4.98 Å². The number of hydrogen-bond acceptors (Lipinski definition) is 8. The zero-order valence-electron chi connectivity index (χ0n) is 17.0. The Hall–Kier alpha value is -3.44. The standard InChI is InChI=1S/C17H23N5O7/c1-16(2,3)28-14(26)22(15(27)29-17(4,5)6)13-19-11-10(12(25)20-13)18-8-21(11)7-9(23)24/h8H,7H2,1-6H3,(H,23,24)(H,19,20,25). The summed E-state index contributed by atoms with van der Waals surface area (Å²) in [5, 5.41) is 9.00. The van der Waals surface area contributed by atoms with Crippen LogP contribution < -0.4 is 10.5 Å². The highest BCUT2D eigenvalue weighted by atomic mass is 16.6. The number of carboxylic acids is 1. The van der Waals surface area contributed by atoms with Crippen molar-refractivity contribution in [2.75, 3.05) is 4.90 Å². The molecule has 12 nitrogen and oxygen atoms in total. The number of rotatable bonds is 3. The van der Waals surface area contributed by atoms with Gasteiger partial charge in [0.2, 0.25) is 5.95 Å². The van der Waals surface area contributed by atoms with Gasteiger partial charge >= 0.3 is 18.2 Å². The van der Waals surface area contributed by atoms with Gasteiger partial charge in [0, 0.05) is 0 Å². The van der Waals surface area contributed by atoms with Gasteiger partial charge in [-0.3, -0.25) is 14.6 Å².